The van der Waals surface area contributed by atoms with Crippen molar-refractivity contribution >= 4 is 40.3 Å². The summed E-state index contributed by atoms with van der Waals surface area (Å²) in [5.41, 5.74) is 4.25. The Kier molecular flexibility index (Phi) is 8.17. The fourth-order valence-corrected chi connectivity index (χ4v) is 4.37. The van der Waals surface area contributed by atoms with Crippen molar-refractivity contribution in [3.63, 3.8) is 0 Å². The van der Waals surface area contributed by atoms with Gasteiger partial charge in [-0.3, -0.25) is 4.79 Å². The van der Waals surface area contributed by atoms with Crippen LogP contribution < -0.4 is 25.6 Å². The van der Waals surface area contributed by atoms with Crippen LogP contribution in [0.25, 0.3) is 11.3 Å². The van der Waals surface area contributed by atoms with Gasteiger partial charge in [-0.15, -0.1) is 0 Å². The van der Waals surface area contributed by atoms with E-state index in [2.05, 4.69) is 32.4 Å². The molecule has 1 amide bonds. The molecule has 9 nitrogen and oxygen atoms in total. The van der Waals surface area contributed by atoms with Gasteiger partial charge in [-0.2, -0.15) is 0 Å². The van der Waals surface area contributed by atoms with Crippen LogP contribution in [0.2, 0.25) is 0 Å². The topological polar surface area (TPSA) is 101 Å². The van der Waals surface area contributed by atoms with Crippen LogP contribution in [0.1, 0.15) is 0 Å². The molecule has 3 aromatic carbocycles. The fourth-order valence-electron chi connectivity index (χ4n) is 4.37. The van der Waals surface area contributed by atoms with Crippen molar-refractivity contribution in [3.8, 4) is 17.0 Å². The van der Waals surface area contributed by atoms with Crippen molar-refractivity contribution in [1.29, 1.82) is 0 Å². The maximum absolute atomic E-state index is 14.7. The summed E-state index contributed by atoms with van der Waals surface area (Å²) >= 11 is 0. The standard InChI is InChI=1S/C30H29FN6O3/c1-3-28(38)34-24-16-20(15-21(31)17-24)29-25(33-22-7-5-4-6-8-22)19-32-30(36-29)35-23-9-10-27(39-2)26(18-23)37-11-13-40-14-12-37/h3-10,15-19,33H,1,11-14H2,2H3,(H,34,38)(H,32,35,36). The van der Waals surface area contributed by atoms with Crippen LogP contribution >= 0.6 is 0 Å². The Hall–Kier alpha value is -4.96. The molecule has 0 bridgehead atoms. The molecule has 40 heavy (non-hydrogen) atoms. The molecule has 204 valence electrons. The highest BCUT2D eigenvalue weighted by atomic mass is 19.1. The lowest BCUT2D eigenvalue weighted by Gasteiger charge is -2.30. The Morgan fingerprint density at radius 2 is 1.82 bits per heavy atom. The highest BCUT2D eigenvalue weighted by Gasteiger charge is 2.18. The van der Waals surface area contributed by atoms with Crippen LogP contribution in [0, 0.1) is 5.82 Å². The molecule has 0 aliphatic carbocycles. The lowest BCUT2D eigenvalue weighted by atomic mass is 10.1. The SMILES string of the molecule is C=CC(=O)Nc1cc(F)cc(-c2nc(Nc3ccc(OC)c(N4CCOCC4)c3)ncc2Nc2ccccc2)c1. The third kappa shape index (κ3) is 6.36. The average molecular weight is 541 g/mol. The Bertz CT molecular complexity index is 1510. The predicted octanol–water partition coefficient (Wildman–Crippen LogP) is 5.74. The number of morpholine rings is 1. The Morgan fingerprint density at radius 1 is 1.02 bits per heavy atom. The first-order valence-electron chi connectivity index (χ1n) is 12.7. The van der Waals surface area contributed by atoms with Crippen LogP contribution in [-0.2, 0) is 9.53 Å². The largest absolute Gasteiger partial charge is 0.495 e. The molecule has 1 aliphatic rings. The number of methoxy groups -OCH3 is 1. The van der Waals surface area contributed by atoms with Crippen molar-refractivity contribution in [3.05, 3.63) is 91.4 Å². The molecule has 1 aliphatic heterocycles. The Labute approximate surface area is 231 Å². The van der Waals surface area contributed by atoms with E-state index < -0.39 is 11.7 Å². The van der Waals surface area contributed by atoms with E-state index in [1.807, 2.05) is 48.5 Å². The van der Waals surface area contributed by atoms with Gasteiger partial charge >= 0.3 is 0 Å². The van der Waals surface area contributed by atoms with E-state index in [9.17, 15) is 9.18 Å². The fraction of sp³-hybridized carbons (Fsp3) is 0.167. The van der Waals surface area contributed by atoms with Crippen molar-refractivity contribution in [1.82, 2.24) is 9.97 Å². The Balaban J connectivity index is 1.52. The number of carbonyl (C=O) groups is 1. The van der Waals surface area contributed by atoms with Gasteiger partial charge in [0.05, 0.1) is 43.6 Å². The number of ether oxygens (including phenoxy) is 2. The molecule has 0 unspecified atom stereocenters. The summed E-state index contributed by atoms with van der Waals surface area (Å²) in [4.78, 5) is 23.4. The van der Waals surface area contributed by atoms with Crippen LogP contribution in [-0.4, -0.2) is 49.3 Å². The van der Waals surface area contributed by atoms with Crippen molar-refractivity contribution < 1.29 is 18.7 Å². The van der Waals surface area contributed by atoms with Crippen LogP contribution in [0.3, 0.4) is 0 Å². The van der Waals surface area contributed by atoms with Crippen molar-refractivity contribution in [2.75, 3.05) is 54.3 Å². The molecule has 0 spiro atoms. The summed E-state index contributed by atoms with van der Waals surface area (Å²) in [7, 11) is 1.64. The number of amides is 1. The smallest absolute Gasteiger partial charge is 0.247 e. The van der Waals surface area contributed by atoms with Gasteiger partial charge < -0.3 is 30.3 Å². The van der Waals surface area contributed by atoms with Gasteiger partial charge in [0, 0.05) is 35.7 Å². The normalized spacial score (nSPS) is 12.9. The quantitative estimate of drug-likeness (QED) is 0.231. The number of nitrogens with one attached hydrogen (secondary N) is 3. The van der Waals surface area contributed by atoms with Gasteiger partial charge in [-0.25, -0.2) is 14.4 Å². The summed E-state index contributed by atoms with van der Waals surface area (Å²) in [5.74, 6) is 0.0960. The Morgan fingerprint density at radius 3 is 2.58 bits per heavy atom. The van der Waals surface area contributed by atoms with Gasteiger partial charge in [-0.1, -0.05) is 24.8 Å². The second kappa shape index (κ2) is 12.3. The zero-order valence-electron chi connectivity index (χ0n) is 22.0. The second-order valence-corrected chi connectivity index (χ2v) is 8.98. The highest BCUT2D eigenvalue weighted by Crippen LogP contribution is 2.35. The van der Waals surface area contributed by atoms with Gasteiger partial charge in [-0.05, 0) is 54.6 Å². The van der Waals surface area contributed by atoms with Crippen LogP contribution in [0.15, 0.2) is 85.6 Å². The van der Waals surface area contributed by atoms with Crippen molar-refractivity contribution in [2.24, 2.45) is 0 Å². The molecule has 1 aromatic heterocycles. The number of aromatic nitrogens is 2. The number of rotatable bonds is 9. The molecule has 4 aromatic rings. The van der Waals surface area contributed by atoms with E-state index in [-0.39, 0.29) is 5.69 Å². The predicted molar refractivity (Wildman–Crippen MR) is 155 cm³/mol. The number of anilines is 6. The van der Waals surface area contributed by atoms with E-state index in [1.54, 1.807) is 19.4 Å². The number of nitrogens with zero attached hydrogens (tertiary/aromatic N) is 3. The summed E-state index contributed by atoms with van der Waals surface area (Å²) in [6, 6.07) is 19.5. The zero-order valence-corrected chi connectivity index (χ0v) is 22.0. The third-order valence-electron chi connectivity index (χ3n) is 6.25. The van der Waals surface area contributed by atoms with Crippen molar-refractivity contribution in [2.45, 2.75) is 0 Å². The van der Waals surface area contributed by atoms with Gasteiger partial charge in [0.2, 0.25) is 11.9 Å². The number of hydrogen-bond acceptors (Lipinski definition) is 8. The number of benzene rings is 3. The number of halogens is 1. The maximum atomic E-state index is 14.7. The highest BCUT2D eigenvalue weighted by molar-refractivity contribution is 5.99. The summed E-state index contributed by atoms with van der Waals surface area (Å²) in [5, 5.41) is 9.19. The minimum Gasteiger partial charge on any atom is -0.495 e. The third-order valence-corrected chi connectivity index (χ3v) is 6.25. The van der Waals surface area contributed by atoms with E-state index in [1.165, 1.54) is 12.1 Å². The second-order valence-electron chi connectivity index (χ2n) is 8.98. The average Bonchev–Trinajstić information content (AvgIpc) is 2.98. The lowest BCUT2D eigenvalue weighted by molar-refractivity contribution is -0.111. The van der Waals surface area contributed by atoms with Gasteiger partial charge in [0.1, 0.15) is 11.6 Å². The first-order chi connectivity index (χ1) is 19.5. The molecule has 1 saturated heterocycles. The van der Waals surface area contributed by atoms with Gasteiger partial charge in [0.15, 0.2) is 0 Å². The summed E-state index contributed by atoms with van der Waals surface area (Å²) in [6.45, 7) is 6.26. The molecule has 10 heteroatoms. The van der Waals surface area contributed by atoms with Crippen LogP contribution in [0.4, 0.5) is 38.8 Å². The number of hydrogen-bond donors (Lipinski definition) is 3. The monoisotopic (exact) mass is 540 g/mol. The zero-order chi connectivity index (χ0) is 27.9. The summed E-state index contributed by atoms with van der Waals surface area (Å²) in [6.07, 6.45) is 2.76. The first kappa shape index (κ1) is 26.6. The van der Waals surface area contributed by atoms with E-state index >= 15 is 0 Å². The van der Waals surface area contributed by atoms with E-state index in [0.717, 1.165) is 42.0 Å². The first-order valence-corrected chi connectivity index (χ1v) is 12.7. The molecule has 1 fully saturated rings. The van der Waals surface area contributed by atoms with Crippen LogP contribution in [0.5, 0.6) is 5.75 Å². The summed E-state index contributed by atoms with van der Waals surface area (Å²) < 4.78 is 25.8. The molecule has 0 atom stereocenters. The number of para-hydroxylation sites is 1. The van der Waals surface area contributed by atoms with E-state index in [4.69, 9.17) is 14.5 Å². The molecular formula is C30H29FN6O3. The molecule has 2 heterocycles. The lowest BCUT2D eigenvalue weighted by Crippen LogP contribution is -2.36. The minimum atomic E-state index is -0.527. The number of carbonyl (C=O) groups excluding carboxylic acids is 1. The molecule has 3 N–H and O–H groups in total. The van der Waals surface area contributed by atoms with Gasteiger partial charge in [0.25, 0.3) is 0 Å². The molecule has 0 saturated carbocycles. The minimum absolute atomic E-state index is 0.281. The molecular weight excluding hydrogens is 511 g/mol. The van der Waals surface area contributed by atoms with E-state index in [0.29, 0.717) is 36.1 Å². The molecule has 5 rings (SSSR count). The maximum Gasteiger partial charge on any atom is 0.247 e. The molecule has 0 radical (unpaired) electrons.